The van der Waals surface area contributed by atoms with E-state index in [0.717, 1.165) is 6.42 Å². The zero-order chi connectivity index (χ0) is 15.9. The van der Waals surface area contributed by atoms with Crippen molar-refractivity contribution in [1.82, 2.24) is 9.55 Å². The summed E-state index contributed by atoms with van der Waals surface area (Å²) in [6.45, 7) is -0.0831. The molecule has 2 atom stereocenters. The minimum atomic E-state index is -0.518. The second-order valence-electron chi connectivity index (χ2n) is 5.18. The van der Waals surface area contributed by atoms with Gasteiger partial charge < -0.3 is 9.84 Å². The Labute approximate surface area is 127 Å². The Bertz CT molecular complexity index is 683. The van der Waals surface area contributed by atoms with Crippen molar-refractivity contribution in [2.75, 3.05) is 6.61 Å². The Morgan fingerprint density at radius 3 is 3.00 bits per heavy atom. The Morgan fingerprint density at radius 1 is 1.50 bits per heavy atom. The number of nitrogens with one attached hydrogen (secondary N) is 1. The van der Waals surface area contributed by atoms with Crippen molar-refractivity contribution in [2.24, 2.45) is 0 Å². The second kappa shape index (κ2) is 7.73. The molecule has 0 spiro atoms. The topological polar surface area (TPSA) is 108 Å². The number of aliphatic hydroxyl groups excluding tert-OH is 1. The van der Waals surface area contributed by atoms with Crippen LogP contribution in [-0.2, 0) is 4.74 Å². The third kappa shape index (κ3) is 3.93. The fourth-order valence-corrected chi connectivity index (χ4v) is 2.37. The van der Waals surface area contributed by atoms with Gasteiger partial charge in [0.05, 0.1) is 24.3 Å². The third-order valence-corrected chi connectivity index (χ3v) is 3.55. The van der Waals surface area contributed by atoms with Crippen LogP contribution in [0.15, 0.2) is 21.9 Å². The van der Waals surface area contributed by atoms with Crippen LogP contribution in [0.1, 0.15) is 43.9 Å². The first-order chi connectivity index (χ1) is 10.7. The monoisotopic (exact) mass is 305 g/mol. The highest BCUT2D eigenvalue weighted by Crippen LogP contribution is 2.26. The van der Waals surface area contributed by atoms with E-state index in [1.807, 2.05) is 6.08 Å². The van der Waals surface area contributed by atoms with Gasteiger partial charge in [0.2, 0.25) is 0 Å². The first-order valence-electron chi connectivity index (χ1n) is 7.31. The number of unbranched alkanes of at least 4 members (excludes halogenated alkanes) is 2. The number of aliphatic hydroxyl groups is 1. The van der Waals surface area contributed by atoms with E-state index in [2.05, 4.69) is 11.1 Å². The summed E-state index contributed by atoms with van der Waals surface area (Å²) < 4.78 is 6.91. The number of allylic oxidation sites excluding steroid dienone is 1. The van der Waals surface area contributed by atoms with Crippen LogP contribution in [-0.4, -0.2) is 27.4 Å². The van der Waals surface area contributed by atoms with Gasteiger partial charge in [-0.2, -0.15) is 5.26 Å². The average molecular weight is 305 g/mol. The standard InChI is InChI=1S/C15H19N3O4/c16-8-4-2-1-3-5-11-9-18(15(21)17-14(11)20)13-7-6-12(10-19)22-13/h3,5,9,12-13,19H,1-2,4,6-7,10H2,(H,17,20,21)/b5-3+/t12-,13+/m0/s1. The van der Waals surface area contributed by atoms with Gasteiger partial charge in [0.25, 0.3) is 5.56 Å². The largest absolute Gasteiger partial charge is 0.394 e. The molecule has 0 aliphatic carbocycles. The van der Waals surface area contributed by atoms with Gasteiger partial charge in [0.15, 0.2) is 0 Å². The molecule has 2 N–H and O–H groups in total. The van der Waals surface area contributed by atoms with Gasteiger partial charge in [0.1, 0.15) is 6.23 Å². The lowest BCUT2D eigenvalue weighted by atomic mass is 10.2. The summed E-state index contributed by atoms with van der Waals surface area (Å²) in [6, 6.07) is 2.06. The number of H-pyrrole nitrogens is 1. The van der Waals surface area contributed by atoms with Gasteiger partial charge in [-0.25, -0.2) is 4.79 Å². The summed E-state index contributed by atoms with van der Waals surface area (Å²) in [5.74, 6) is 0. The lowest BCUT2D eigenvalue weighted by molar-refractivity contribution is -0.0246. The molecule has 7 heteroatoms. The molecule has 0 bridgehead atoms. The first-order valence-corrected chi connectivity index (χ1v) is 7.31. The van der Waals surface area contributed by atoms with Gasteiger partial charge in [-0.3, -0.25) is 14.3 Å². The van der Waals surface area contributed by atoms with Crippen LogP contribution in [0.25, 0.3) is 6.08 Å². The van der Waals surface area contributed by atoms with Crippen molar-refractivity contribution in [3.63, 3.8) is 0 Å². The van der Waals surface area contributed by atoms with E-state index < -0.39 is 17.5 Å². The van der Waals surface area contributed by atoms with Gasteiger partial charge in [0, 0.05) is 12.6 Å². The number of hydrogen-bond acceptors (Lipinski definition) is 5. The SMILES string of the molecule is N#CCCC/C=C/c1cn([C@H]2CC[C@@H](CO)O2)c(=O)[nH]c1=O. The van der Waals surface area contributed by atoms with Crippen LogP contribution in [0.5, 0.6) is 0 Å². The van der Waals surface area contributed by atoms with Crippen LogP contribution >= 0.6 is 0 Å². The summed E-state index contributed by atoms with van der Waals surface area (Å²) in [7, 11) is 0. The third-order valence-electron chi connectivity index (χ3n) is 3.55. The number of hydrogen-bond donors (Lipinski definition) is 2. The van der Waals surface area contributed by atoms with E-state index in [-0.39, 0.29) is 12.7 Å². The van der Waals surface area contributed by atoms with E-state index in [9.17, 15) is 9.59 Å². The van der Waals surface area contributed by atoms with Crippen LogP contribution in [0, 0.1) is 11.3 Å². The molecule has 2 heterocycles. The minimum absolute atomic E-state index is 0.0831. The molecular formula is C15H19N3O4. The number of nitrogens with zero attached hydrogens (tertiary/aromatic N) is 2. The van der Waals surface area contributed by atoms with Crippen LogP contribution < -0.4 is 11.2 Å². The lowest BCUT2D eigenvalue weighted by Gasteiger charge is -2.15. The number of aromatic nitrogens is 2. The number of ether oxygens (including phenoxy) is 1. The molecule has 0 unspecified atom stereocenters. The fraction of sp³-hybridized carbons (Fsp3) is 0.533. The van der Waals surface area contributed by atoms with E-state index in [1.165, 1.54) is 10.8 Å². The zero-order valence-corrected chi connectivity index (χ0v) is 12.2. The maximum absolute atomic E-state index is 11.9. The van der Waals surface area contributed by atoms with Crippen LogP contribution in [0.4, 0.5) is 0 Å². The molecule has 1 aromatic heterocycles. The van der Waals surface area contributed by atoms with E-state index >= 15 is 0 Å². The highest BCUT2D eigenvalue weighted by Gasteiger charge is 2.26. The molecule has 1 aliphatic heterocycles. The quantitative estimate of drug-likeness (QED) is 0.760. The highest BCUT2D eigenvalue weighted by molar-refractivity contribution is 5.46. The van der Waals surface area contributed by atoms with Crippen molar-refractivity contribution < 1.29 is 9.84 Å². The predicted molar refractivity (Wildman–Crippen MR) is 80.1 cm³/mol. The summed E-state index contributed by atoms with van der Waals surface area (Å²) >= 11 is 0. The molecule has 22 heavy (non-hydrogen) atoms. The summed E-state index contributed by atoms with van der Waals surface area (Å²) in [5.41, 5.74) is -0.600. The normalized spacial score (nSPS) is 21.3. The maximum atomic E-state index is 11.9. The molecule has 0 saturated carbocycles. The minimum Gasteiger partial charge on any atom is -0.394 e. The summed E-state index contributed by atoms with van der Waals surface area (Å²) in [4.78, 5) is 26.0. The molecule has 118 valence electrons. The van der Waals surface area contributed by atoms with Crippen molar-refractivity contribution >= 4 is 6.08 Å². The molecule has 1 aliphatic rings. The molecular weight excluding hydrogens is 286 g/mol. The molecule has 1 fully saturated rings. The van der Waals surface area contributed by atoms with Crippen LogP contribution in [0.3, 0.4) is 0 Å². The van der Waals surface area contributed by atoms with Gasteiger partial charge in [-0.15, -0.1) is 0 Å². The fourth-order valence-electron chi connectivity index (χ4n) is 2.37. The van der Waals surface area contributed by atoms with E-state index in [0.29, 0.717) is 31.2 Å². The van der Waals surface area contributed by atoms with Crippen molar-refractivity contribution in [2.45, 2.75) is 44.4 Å². The molecule has 0 radical (unpaired) electrons. The number of nitriles is 1. The second-order valence-corrected chi connectivity index (χ2v) is 5.18. The van der Waals surface area contributed by atoms with Crippen LogP contribution in [0.2, 0.25) is 0 Å². The zero-order valence-electron chi connectivity index (χ0n) is 12.2. The average Bonchev–Trinajstić information content (AvgIpc) is 2.97. The number of rotatable bonds is 6. The van der Waals surface area contributed by atoms with Gasteiger partial charge >= 0.3 is 5.69 Å². The Morgan fingerprint density at radius 2 is 2.32 bits per heavy atom. The maximum Gasteiger partial charge on any atom is 0.330 e. The van der Waals surface area contributed by atoms with E-state index in [4.69, 9.17) is 15.1 Å². The van der Waals surface area contributed by atoms with Gasteiger partial charge in [-0.05, 0) is 25.7 Å². The Kier molecular flexibility index (Phi) is 5.69. The van der Waals surface area contributed by atoms with E-state index in [1.54, 1.807) is 6.08 Å². The molecule has 0 amide bonds. The molecule has 0 aromatic carbocycles. The Hall–Kier alpha value is -2.17. The highest BCUT2D eigenvalue weighted by atomic mass is 16.5. The predicted octanol–water partition coefficient (Wildman–Crippen LogP) is 0.914. The smallest absolute Gasteiger partial charge is 0.330 e. The van der Waals surface area contributed by atoms with Crippen molar-refractivity contribution in [1.29, 1.82) is 5.26 Å². The summed E-state index contributed by atoms with van der Waals surface area (Å²) in [6.07, 6.45) is 7.38. The first kappa shape index (κ1) is 16.2. The molecule has 7 nitrogen and oxygen atoms in total. The molecule has 1 aromatic rings. The Balaban J connectivity index is 2.15. The van der Waals surface area contributed by atoms with Crippen molar-refractivity contribution in [3.05, 3.63) is 38.7 Å². The lowest BCUT2D eigenvalue weighted by Crippen LogP contribution is -2.33. The molecule has 1 saturated heterocycles. The molecule has 2 rings (SSSR count). The van der Waals surface area contributed by atoms with Crippen molar-refractivity contribution in [3.8, 4) is 6.07 Å². The summed E-state index contributed by atoms with van der Waals surface area (Å²) in [5, 5.41) is 17.5. The van der Waals surface area contributed by atoms with Gasteiger partial charge in [-0.1, -0.05) is 12.2 Å². The number of aromatic amines is 1.